The molecule has 0 amide bonds. The minimum atomic E-state index is 0.318. The summed E-state index contributed by atoms with van der Waals surface area (Å²) < 4.78 is 0. The van der Waals surface area contributed by atoms with Crippen LogP contribution in [0.3, 0.4) is 0 Å². The Kier molecular flexibility index (Phi) is 2.72. The van der Waals surface area contributed by atoms with Crippen molar-refractivity contribution in [1.82, 2.24) is 4.98 Å². The van der Waals surface area contributed by atoms with Gasteiger partial charge in [-0.2, -0.15) is 0 Å². The highest BCUT2D eigenvalue weighted by atomic mass is 35.5. The van der Waals surface area contributed by atoms with E-state index in [1.807, 2.05) is 0 Å². The van der Waals surface area contributed by atoms with E-state index in [4.69, 9.17) is 17.1 Å². The molecule has 0 atom stereocenters. The van der Waals surface area contributed by atoms with Crippen LogP contribution in [0.25, 0.3) is 10.4 Å². The van der Waals surface area contributed by atoms with Crippen LogP contribution in [0.15, 0.2) is 23.4 Å². The van der Waals surface area contributed by atoms with Crippen LogP contribution in [0.5, 0.6) is 0 Å². The molecule has 0 aromatic carbocycles. The lowest BCUT2D eigenvalue weighted by atomic mass is 10.3. The molecule has 0 aliphatic carbocycles. The molecule has 1 aromatic rings. The van der Waals surface area contributed by atoms with Gasteiger partial charge in [-0.15, -0.1) is 0 Å². The van der Waals surface area contributed by atoms with Gasteiger partial charge in [0, 0.05) is 11.1 Å². The van der Waals surface area contributed by atoms with Gasteiger partial charge in [-0.05, 0) is 23.2 Å². The van der Waals surface area contributed by atoms with Crippen LogP contribution in [0.2, 0.25) is 5.15 Å². The van der Waals surface area contributed by atoms with E-state index >= 15 is 0 Å². The molecule has 56 valence electrons. The van der Waals surface area contributed by atoms with Crippen molar-refractivity contribution in [3.63, 3.8) is 0 Å². The summed E-state index contributed by atoms with van der Waals surface area (Å²) in [7, 11) is 0. The number of hydrogen-bond acceptors (Lipinski definition) is 2. The average molecular weight is 169 g/mol. The summed E-state index contributed by atoms with van der Waals surface area (Å²) in [5, 5.41) is 3.79. The smallest absolute Gasteiger partial charge is 0.129 e. The highest BCUT2D eigenvalue weighted by Gasteiger charge is 1.91. The topological polar surface area (TPSA) is 61.7 Å². The van der Waals surface area contributed by atoms with Crippen molar-refractivity contribution >= 4 is 11.6 Å². The fourth-order valence-electron chi connectivity index (χ4n) is 0.654. The number of rotatable bonds is 2. The summed E-state index contributed by atoms with van der Waals surface area (Å²) in [4.78, 5) is 6.40. The highest BCUT2D eigenvalue weighted by molar-refractivity contribution is 6.29. The lowest BCUT2D eigenvalue weighted by Gasteiger charge is -1.93. The number of aromatic nitrogens is 1. The van der Waals surface area contributed by atoms with Crippen LogP contribution >= 0.6 is 11.6 Å². The molecule has 4 nitrogen and oxygen atoms in total. The van der Waals surface area contributed by atoms with E-state index in [-0.39, 0.29) is 0 Å². The maximum atomic E-state index is 8.01. The number of pyridine rings is 1. The van der Waals surface area contributed by atoms with E-state index in [0.29, 0.717) is 11.7 Å². The molecule has 0 saturated heterocycles. The van der Waals surface area contributed by atoms with E-state index in [2.05, 4.69) is 15.0 Å². The Hall–Kier alpha value is -1.25. The Labute approximate surface area is 68.5 Å². The first-order valence-corrected chi connectivity index (χ1v) is 3.32. The van der Waals surface area contributed by atoms with Crippen LogP contribution in [0.1, 0.15) is 5.56 Å². The van der Waals surface area contributed by atoms with Gasteiger partial charge in [0.25, 0.3) is 0 Å². The molecule has 11 heavy (non-hydrogen) atoms. The zero-order valence-electron chi connectivity index (χ0n) is 5.61. The molecule has 0 N–H and O–H groups in total. The van der Waals surface area contributed by atoms with Gasteiger partial charge in [0.15, 0.2) is 0 Å². The monoisotopic (exact) mass is 168 g/mol. The second-order valence-electron chi connectivity index (χ2n) is 1.88. The van der Waals surface area contributed by atoms with Crippen LogP contribution in [0.4, 0.5) is 0 Å². The van der Waals surface area contributed by atoms with Gasteiger partial charge in [-0.3, -0.25) is 0 Å². The van der Waals surface area contributed by atoms with Crippen molar-refractivity contribution in [1.29, 1.82) is 0 Å². The molecule has 0 saturated carbocycles. The Bertz CT molecular complexity index is 292. The quantitative estimate of drug-likeness (QED) is 0.290. The molecule has 0 fully saturated rings. The molecular formula is C6H5ClN4. The van der Waals surface area contributed by atoms with Gasteiger partial charge in [-0.25, -0.2) is 4.98 Å². The van der Waals surface area contributed by atoms with Crippen molar-refractivity contribution < 1.29 is 0 Å². The molecule has 5 heteroatoms. The third kappa shape index (κ3) is 2.45. The van der Waals surface area contributed by atoms with Crippen LogP contribution in [0, 0.1) is 0 Å². The number of hydrogen-bond donors (Lipinski definition) is 0. The van der Waals surface area contributed by atoms with Gasteiger partial charge in [0.05, 0.1) is 6.54 Å². The lowest BCUT2D eigenvalue weighted by molar-refractivity contribution is 1.04. The molecule has 0 bridgehead atoms. The summed E-state index contributed by atoms with van der Waals surface area (Å²) >= 11 is 5.58. The largest absolute Gasteiger partial charge is 0.245 e. The number of nitrogens with zero attached hydrogens (tertiary/aromatic N) is 4. The summed E-state index contributed by atoms with van der Waals surface area (Å²) in [6.45, 7) is 0.318. The first-order chi connectivity index (χ1) is 5.33. The maximum absolute atomic E-state index is 8.01. The van der Waals surface area contributed by atoms with E-state index in [1.54, 1.807) is 18.3 Å². The Balaban J connectivity index is 2.79. The Morgan fingerprint density at radius 2 is 2.55 bits per heavy atom. The number of azide groups is 1. The Morgan fingerprint density at radius 3 is 3.18 bits per heavy atom. The molecule has 0 aliphatic heterocycles. The summed E-state index contributed by atoms with van der Waals surface area (Å²) in [5.41, 5.74) is 8.87. The number of halogens is 1. The van der Waals surface area contributed by atoms with Crippen LogP contribution < -0.4 is 0 Å². The van der Waals surface area contributed by atoms with E-state index in [1.165, 1.54) is 0 Å². The van der Waals surface area contributed by atoms with Crippen molar-refractivity contribution in [2.45, 2.75) is 6.54 Å². The maximum Gasteiger partial charge on any atom is 0.129 e. The van der Waals surface area contributed by atoms with Crippen molar-refractivity contribution in [3.8, 4) is 0 Å². The predicted molar refractivity (Wildman–Crippen MR) is 42.1 cm³/mol. The minimum Gasteiger partial charge on any atom is -0.245 e. The second kappa shape index (κ2) is 3.81. The Morgan fingerprint density at radius 1 is 1.73 bits per heavy atom. The fourth-order valence-corrected chi connectivity index (χ4v) is 0.851. The van der Waals surface area contributed by atoms with Gasteiger partial charge >= 0.3 is 0 Å². The average Bonchev–Trinajstić information content (AvgIpc) is 2.01. The molecule has 1 heterocycles. The van der Waals surface area contributed by atoms with E-state index in [0.717, 1.165) is 5.56 Å². The van der Waals surface area contributed by atoms with Crippen molar-refractivity contribution in [2.24, 2.45) is 5.11 Å². The third-order valence-corrected chi connectivity index (χ3v) is 1.31. The zero-order chi connectivity index (χ0) is 8.10. The van der Waals surface area contributed by atoms with E-state index < -0.39 is 0 Å². The van der Waals surface area contributed by atoms with Crippen molar-refractivity contribution in [3.05, 3.63) is 39.5 Å². The molecular weight excluding hydrogens is 164 g/mol. The van der Waals surface area contributed by atoms with Crippen LogP contribution in [-0.2, 0) is 6.54 Å². The molecule has 1 rings (SSSR count). The fraction of sp³-hybridized carbons (Fsp3) is 0.167. The van der Waals surface area contributed by atoms with E-state index in [9.17, 15) is 0 Å². The van der Waals surface area contributed by atoms with Gasteiger partial charge in [0.1, 0.15) is 5.15 Å². The van der Waals surface area contributed by atoms with Crippen molar-refractivity contribution in [2.75, 3.05) is 0 Å². The SMILES string of the molecule is [N-]=[N+]=NCc1ccnc(Cl)c1. The third-order valence-electron chi connectivity index (χ3n) is 1.11. The summed E-state index contributed by atoms with van der Waals surface area (Å²) in [6.07, 6.45) is 1.57. The standard InChI is InChI=1S/C6H5ClN4/c7-6-3-5(1-2-9-6)4-10-11-8/h1-3H,4H2. The zero-order valence-corrected chi connectivity index (χ0v) is 6.36. The van der Waals surface area contributed by atoms with Gasteiger partial charge in [-0.1, -0.05) is 16.7 Å². The summed E-state index contributed by atoms with van der Waals surface area (Å²) in [5.74, 6) is 0. The molecule has 0 spiro atoms. The molecule has 0 aliphatic rings. The normalized spacial score (nSPS) is 8.82. The first-order valence-electron chi connectivity index (χ1n) is 2.94. The first kappa shape index (κ1) is 7.85. The lowest BCUT2D eigenvalue weighted by Crippen LogP contribution is -1.81. The molecule has 0 radical (unpaired) electrons. The summed E-state index contributed by atoms with van der Waals surface area (Å²) in [6, 6.07) is 3.41. The van der Waals surface area contributed by atoms with Gasteiger partial charge < -0.3 is 0 Å². The second-order valence-corrected chi connectivity index (χ2v) is 2.26. The van der Waals surface area contributed by atoms with Gasteiger partial charge in [0.2, 0.25) is 0 Å². The van der Waals surface area contributed by atoms with Crippen LogP contribution in [-0.4, -0.2) is 4.98 Å². The highest BCUT2D eigenvalue weighted by Crippen LogP contribution is 2.07. The molecule has 1 aromatic heterocycles. The molecule has 0 unspecified atom stereocenters. The minimum absolute atomic E-state index is 0.318. The predicted octanol–water partition coefficient (Wildman–Crippen LogP) is 2.55.